The van der Waals surface area contributed by atoms with Gasteiger partial charge in [-0.2, -0.15) is 13.3 Å². The van der Waals surface area contributed by atoms with Crippen molar-refractivity contribution in [2.45, 2.75) is 18.7 Å². The van der Waals surface area contributed by atoms with Crippen molar-refractivity contribution in [1.82, 2.24) is 0 Å². The summed E-state index contributed by atoms with van der Waals surface area (Å²) in [6.07, 6.45) is 1.17. The van der Waals surface area contributed by atoms with E-state index in [1.807, 2.05) is 6.92 Å². The third kappa shape index (κ3) is 4.08. The largest absolute Gasteiger partial charge is 0.408 e. The molecule has 0 radical (unpaired) electrons. The molecule has 0 saturated carbocycles. The molecule has 7 heteroatoms. The normalized spacial score (nSPS) is 12.1. The van der Waals surface area contributed by atoms with Gasteiger partial charge < -0.3 is 4.18 Å². The van der Waals surface area contributed by atoms with Crippen molar-refractivity contribution >= 4 is 16.1 Å². The van der Waals surface area contributed by atoms with E-state index in [1.54, 1.807) is 12.1 Å². The molecule has 0 amide bonds. The Bertz CT molecular complexity index is 571. The number of aryl methyl sites for hydroxylation is 1. The van der Waals surface area contributed by atoms with Gasteiger partial charge in [0.05, 0.1) is 7.11 Å². The van der Waals surface area contributed by atoms with E-state index in [2.05, 4.69) is 9.78 Å². The predicted octanol–water partition coefficient (Wildman–Crippen LogP) is 1.71. The lowest BCUT2D eigenvalue weighted by molar-refractivity contribution is -0.252. The minimum atomic E-state index is -4.08. The molecule has 0 aliphatic rings. The molecule has 0 spiro atoms. The van der Waals surface area contributed by atoms with Crippen molar-refractivity contribution in [3.8, 4) is 0 Å². The molecule has 1 aromatic rings. The fraction of sp³-hybridized carbons (Fsp3) is 0.250. The molecule has 19 heavy (non-hydrogen) atoms. The van der Waals surface area contributed by atoms with Gasteiger partial charge in [0, 0.05) is 0 Å². The summed E-state index contributed by atoms with van der Waals surface area (Å²) in [6, 6.07) is 6.03. The van der Waals surface area contributed by atoms with Gasteiger partial charge >= 0.3 is 16.1 Å². The molecule has 0 unspecified atom stereocenters. The van der Waals surface area contributed by atoms with Gasteiger partial charge in [-0.15, -0.1) is 0 Å². The summed E-state index contributed by atoms with van der Waals surface area (Å²) < 4.78 is 28.5. The van der Waals surface area contributed by atoms with E-state index in [-0.39, 0.29) is 4.90 Å². The van der Waals surface area contributed by atoms with Crippen LogP contribution in [0.2, 0.25) is 0 Å². The minimum absolute atomic E-state index is 0.0531. The van der Waals surface area contributed by atoms with E-state index < -0.39 is 21.8 Å². The van der Waals surface area contributed by atoms with Crippen LogP contribution in [0.5, 0.6) is 0 Å². The van der Waals surface area contributed by atoms with E-state index in [0.717, 1.165) is 12.7 Å². The van der Waals surface area contributed by atoms with Crippen LogP contribution in [0.25, 0.3) is 0 Å². The van der Waals surface area contributed by atoms with Crippen LogP contribution in [0, 0.1) is 6.92 Å². The monoisotopic (exact) mass is 286 g/mol. The summed E-state index contributed by atoms with van der Waals surface area (Å²) in [4.78, 5) is 19.6. The molecular weight excluding hydrogens is 272 g/mol. The average molecular weight is 286 g/mol. The average Bonchev–Trinajstić information content (AvgIpc) is 2.36. The highest BCUT2D eigenvalue weighted by Crippen LogP contribution is 2.17. The highest BCUT2D eigenvalue weighted by molar-refractivity contribution is 7.86. The second kappa shape index (κ2) is 6.35. The number of allylic oxidation sites excluding steroid dienone is 1. The molecule has 1 rings (SSSR count). The fourth-order valence-electron chi connectivity index (χ4n) is 1.19. The van der Waals surface area contributed by atoms with Gasteiger partial charge in [0.25, 0.3) is 0 Å². The molecule has 0 N–H and O–H groups in total. The second-order valence-corrected chi connectivity index (χ2v) is 5.09. The quantitative estimate of drug-likeness (QED) is 0.269. The van der Waals surface area contributed by atoms with Crippen LogP contribution in [0.1, 0.15) is 12.5 Å². The van der Waals surface area contributed by atoms with Crippen molar-refractivity contribution in [3.05, 3.63) is 41.7 Å². The maximum absolute atomic E-state index is 11.9. The first kappa shape index (κ1) is 15.2. The van der Waals surface area contributed by atoms with Gasteiger partial charge in [0.1, 0.15) is 4.90 Å². The Balaban J connectivity index is 2.96. The van der Waals surface area contributed by atoms with Gasteiger partial charge in [-0.05, 0) is 32.1 Å². The molecule has 0 atom stereocenters. The molecule has 1 aromatic carbocycles. The van der Waals surface area contributed by atoms with Crippen molar-refractivity contribution in [3.63, 3.8) is 0 Å². The first-order chi connectivity index (χ1) is 8.90. The molecule has 104 valence electrons. The highest BCUT2D eigenvalue weighted by atomic mass is 32.2. The number of hydrogen-bond donors (Lipinski definition) is 0. The smallest absolute Gasteiger partial charge is 0.371 e. The van der Waals surface area contributed by atoms with Gasteiger partial charge in [0.15, 0.2) is 0 Å². The SMILES string of the molecule is CC=C(OS(=O)(=O)c1ccc(C)cc1)C(=O)OOC. The number of benzene rings is 1. The zero-order valence-corrected chi connectivity index (χ0v) is 11.6. The number of hydrogen-bond acceptors (Lipinski definition) is 6. The molecule has 0 aromatic heterocycles. The lowest BCUT2D eigenvalue weighted by atomic mass is 10.2. The Labute approximate surface area is 111 Å². The van der Waals surface area contributed by atoms with Crippen molar-refractivity contribution < 1.29 is 27.2 Å². The van der Waals surface area contributed by atoms with E-state index in [4.69, 9.17) is 4.18 Å². The van der Waals surface area contributed by atoms with Crippen molar-refractivity contribution in [1.29, 1.82) is 0 Å². The lowest BCUT2D eigenvalue weighted by Gasteiger charge is -2.08. The van der Waals surface area contributed by atoms with Crippen LogP contribution in [-0.2, 0) is 28.9 Å². The van der Waals surface area contributed by atoms with Gasteiger partial charge in [-0.1, -0.05) is 17.7 Å². The summed E-state index contributed by atoms with van der Waals surface area (Å²) in [5.41, 5.74) is 0.906. The predicted molar refractivity (Wildman–Crippen MR) is 66.3 cm³/mol. The Morgan fingerprint density at radius 2 is 1.79 bits per heavy atom. The lowest BCUT2D eigenvalue weighted by Crippen LogP contribution is -2.14. The summed E-state index contributed by atoms with van der Waals surface area (Å²) in [5.74, 6) is -1.50. The summed E-state index contributed by atoms with van der Waals surface area (Å²) in [6.45, 7) is 3.27. The van der Waals surface area contributed by atoms with E-state index in [9.17, 15) is 13.2 Å². The first-order valence-corrected chi connectivity index (χ1v) is 6.74. The van der Waals surface area contributed by atoms with Gasteiger partial charge in [0.2, 0.25) is 5.76 Å². The molecule has 0 saturated heterocycles. The van der Waals surface area contributed by atoms with Crippen LogP contribution in [0.3, 0.4) is 0 Å². The minimum Gasteiger partial charge on any atom is -0.371 e. The topological polar surface area (TPSA) is 78.9 Å². The van der Waals surface area contributed by atoms with E-state index >= 15 is 0 Å². The zero-order valence-electron chi connectivity index (χ0n) is 10.7. The third-order valence-electron chi connectivity index (χ3n) is 2.13. The Morgan fingerprint density at radius 3 is 2.26 bits per heavy atom. The maximum Gasteiger partial charge on any atom is 0.408 e. The number of carbonyl (C=O) groups excluding carboxylic acids is 1. The van der Waals surface area contributed by atoms with Crippen molar-refractivity contribution in [2.24, 2.45) is 0 Å². The maximum atomic E-state index is 11.9. The van der Waals surface area contributed by atoms with Gasteiger partial charge in [-0.3, -0.25) is 4.89 Å². The Kier molecular flexibility index (Phi) is 5.08. The van der Waals surface area contributed by atoms with Crippen LogP contribution in [-0.4, -0.2) is 21.5 Å². The second-order valence-electron chi connectivity index (χ2n) is 3.54. The van der Waals surface area contributed by atoms with Crippen LogP contribution in [0.4, 0.5) is 0 Å². The number of rotatable bonds is 5. The molecule has 0 aliphatic heterocycles. The van der Waals surface area contributed by atoms with E-state index in [0.29, 0.717) is 0 Å². The molecular formula is C12H14O6S. The molecule has 6 nitrogen and oxygen atoms in total. The highest BCUT2D eigenvalue weighted by Gasteiger charge is 2.23. The zero-order chi connectivity index (χ0) is 14.5. The molecule has 0 fully saturated rings. The summed E-state index contributed by atoms with van der Waals surface area (Å²) in [5, 5.41) is 0. The Hall–Kier alpha value is -1.86. The van der Waals surface area contributed by atoms with Crippen LogP contribution >= 0.6 is 0 Å². The summed E-state index contributed by atoms with van der Waals surface area (Å²) in [7, 11) is -2.95. The molecule has 0 bridgehead atoms. The first-order valence-electron chi connectivity index (χ1n) is 5.33. The fourth-order valence-corrected chi connectivity index (χ4v) is 2.15. The van der Waals surface area contributed by atoms with Crippen LogP contribution < -0.4 is 0 Å². The van der Waals surface area contributed by atoms with E-state index in [1.165, 1.54) is 25.1 Å². The summed E-state index contributed by atoms with van der Waals surface area (Å²) >= 11 is 0. The Morgan fingerprint density at radius 1 is 1.21 bits per heavy atom. The molecule has 0 aliphatic carbocycles. The van der Waals surface area contributed by atoms with Crippen molar-refractivity contribution in [2.75, 3.05) is 7.11 Å². The molecule has 0 heterocycles. The third-order valence-corrected chi connectivity index (χ3v) is 3.38. The van der Waals surface area contributed by atoms with Gasteiger partial charge in [-0.25, -0.2) is 4.79 Å². The standard InChI is InChI=1S/C12H14O6S/c1-4-11(12(13)17-16-3)18-19(14,15)10-7-5-9(2)6-8-10/h4-8H,1-3H3. The van der Waals surface area contributed by atoms with Crippen LogP contribution in [0.15, 0.2) is 41.0 Å². The number of carbonyl (C=O) groups is 1.